The van der Waals surface area contributed by atoms with Crippen LogP contribution in [0.15, 0.2) is 42.5 Å². The Morgan fingerprint density at radius 3 is 2.32 bits per heavy atom. The number of carbonyl (C=O) groups excluding carboxylic acids is 1. The molecule has 0 aliphatic rings. The molecule has 8 nitrogen and oxygen atoms in total. The molecule has 0 aromatic heterocycles. The van der Waals surface area contributed by atoms with Crippen LogP contribution < -0.4 is 14.2 Å². The van der Waals surface area contributed by atoms with Gasteiger partial charge in [-0.15, -0.1) is 0 Å². The fourth-order valence-corrected chi connectivity index (χ4v) is 1.94. The molecule has 0 radical (unpaired) electrons. The Morgan fingerprint density at radius 1 is 1.08 bits per heavy atom. The first-order valence-corrected chi connectivity index (χ1v) is 7.42. The quantitative estimate of drug-likeness (QED) is 0.410. The second-order valence-corrected chi connectivity index (χ2v) is 4.76. The molecule has 0 aliphatic carbocycles. The first-order chi connectivity index (χ1) is 12.0. The van der Waals surface area contributed by atoms with Crippen molar-refractivity contribution in [2.75, 3.05) is 20.3 Å². The Labute approximate surface area is 144 Å². The van der Waals surface area contributed by atoms with E-state index in [-0.39, 0.29) is 18.0 Å². The Balaban J connectivity index is 2.17. The molecule has 25 heavy (non-hydrogen) atoms. The Morgan fingerprint density at radius 2 is 1.72 bits per heavy atom. The summed E-state index contributed by atoms with van der Waals surface area (Å²) >= 11 is 0. The van der Waals surface area contributed by atoms with Gasteiger partial charge in [0, 0.05) is 12.1 Å². The number of nitro groups is 1. The highest BCUT2D eigenvalue weighted by Crippen LogP contribution is 2.33. The lowest BCUT2D eigenvalue weighted by Gasteiger charge is -2.10. The van der Waals surface area contributed by atoms with Gasteiger partial charge in [-0.3, -0.25) is 10.1 Å². The molecule has 0 unspecified atom stereocenters. The first-order valence-electron chi connectivity index (χ1n) is 7.42. The van der Waals surface area contributed by atoms with Crippen LogP contribution in [-0.2, 0) is 9.53 Å². The van der Waals surface area contributed by atoms with Crippen molar-refractivity contribution >= 4 is 11.7 Å². The molecule has 0 saturated carbocycles. The minimum atomic E-state index is -0.613. The van der Waals surface area contributed by atoms with E-state index in [4.69, 9.17) is 18.9 Å². The van der Waals surface area contributed by atoms with Gasteiger partial charge < -0.3 is 18.9 Å². The summed E-state index contributed by atoms with van der Waals surface area (Å²) in [6.07, 6.45) is 0. The number of hydrogen-bond donors (Lipinski definition) is 0. The standard InChI is InChI=1S/C17H17NO7/c1-3-23-17(19)11-24-16-10-14(8-9-15(16)18(20)21)25-13-6-4-12(22-2)5-7-13/h4-10H,3,11H2,1-2H3. The molecule has 8 heteroatoms. The number of ether oxygens (including phenoxy) is 4. The van der Waals surface area contributed by atoms with E-state index in [1.165, 1.54) is 18.2 Å². The zero-order valence-corrected chi connectivity index (χ0v) is 13.8. The lowest BCUT2D eigenvalue weighted by atomic mass is 10.2. The second-order valence-electron chi connectivity index (χ2n) is 4.76. The van der Waals surface area contributed by atoms with E-state index in [1.54, 1.807) is 38.3 Å². The number of benzene rings is 2. The number of methoxy groups -OCH3 is 1. The SMILES string of the molecule is CCOC(=O)COc1cc(Oc2ccc(OC)cc2)ccc1[N+](=O)[O-]. The van der Waals surface area contributed by atoms with Gasteiger partial charge in [-0.05, 0) is 37.3 Å². The largest absolute Gasteiger partial charge is 0.497 e. The van der Waals surface area contributed by atoms with Gasteiger partial charge in [-0.2, -0.15) is 0 Å². The summed E-state index contributed by atoms with van der Waals surface area (Å²) in [6, 6.07) is 10.9. The maximum absolute atomic E-state index is 11.4. The maximum atomic E-state index is 11.4. The Bertz CT molecular complexity index is 743. The zero-order chi connectivity index (χ0) is 18.2. The number of esters is 1. The number of nitrogens with zero attached hydrogens (tertiary/aromatic N) is 1. The average Bonchev–Trinajstić information content (AvgIpc) is 2.61. The van der Waals surface area contributed by atoms with E-state index in [0.717, 1.165) is 0 Å². The fraction of sp³-hybridized carbons (Fsp3) is 0.235. The van der Waals surface area contributed by atoms with Gasteiger partial charge in [0.25, 0.3) is 0 Å². The zero-order valence-electron chi connectivity index (χ0n) is 13.8. The van der Waals surface area contributed by atoms with Crippen molar-refractivity contribution in [2.45, 2.75) is 6.92 Å². The molecule has 0 N–H and O–H groups in total. The van der Waals surface area contributed by atoms with Gasteiger partial charge in [0.15, 0.2) is 6.61 Å². The smallest absolute Gasteiger partial charge is 0.344 e. The third-order valence-electron chi connectivity index (χ3n) is 3.07. The summed E-state index contributed by atoms with van der Waals surface area (Å²) in [5.74, 6) is 0.831. The molecule has 0 saturated heterocycles. The molecule has 0 atom stereocenters. The Hall–Kier alpha value is -3.29. The van der Waals surface area contributed by atoms with Gasteiger partial charge in [0.05, 0.1) is 18.6 Å². The molecular formula is C17H17NO7. The van der Waals surface area contributed by atoms with Crippen LogP contribution in [0.1, 0.15) is 6.92 Å². The van der Waals surface area contributed by atoms with Crippen molar-refractivity contribution in [3.63, 3.8) is 0 Å². The molecular weight excluding hydrogens is 330 g/mol. The number of nitro benzene ring substituents is 1. The van der Waals surface area contributed by atoms with E-state index in [0.29, 0.717) is 17.2 Å². The minimum Gasteiger partial charge on any atom is -0.497 e. The molecule has 2 rings (SSSR count). The third-order valence-corrected chi connectivity index (χ3v) is 3.07. The minimum absolute atomic E-state index is 0.0796. The van der Waals surface area contributed by atoms with Crippen LogP contribution in [0, 0.1) is 10.1 Å². The molecule has 0 heterocycles. The second kappa shape index (κ2) is 8.53. The van der Waals surface area contributed by atoms with Crippen LogP contribution in [0.25, 0.3) is 0 Å². The van der Waals surface area contributed by atoms with Crippen LogP contribution in [0.4, 0.5) is 5.69 Å². The molecule has 2 aromatic carbocycles. The molecule has 132 valence electrons. The van der Waals surface area contributed by atoms with Crippen LogP contribution in [0.3, 0.4) is 0 Å². The van der Waals surface area contributed by atoms with E-state index >= 15 is 0 Å². The van der Waals surface area contributed by atoms with E-state index in [1.807, 2.05) is 0 Å². The van der Waals surface area contributed by atoms with E-state index in [2.05, 4.69) is 0 Å². The molecule has 0 bridgehead atoms. The normalized spacial score (nSPS) is 10.0. The summed E-state index contributed by atoms with van der Waals surface area (Å²) < 4.78 is 20.6. The summed E-state index contributed by atoms with van der Waals surface area (Å²) in [7, 11) is 1.55. The van der Waals surface area contributed by atoms with E-state index in [9.17, 15) is 14.9 Å². The number of rotatable bonds is 8. The van der Waals surface area contributed by atoms with Crippen molar-refractivity contribution in [1.82, 2.24) is 0 Å². The van der Waals surface area contributed by atoms with Crippen LogP contribution in [0.5, 0.6) is 23.0 Å². The van der Waals surface area contributed by atoms with Crippen molar-refractivity contribution < 1.29 is 28.7 Å². The fourth-order valence-electron chi connectivity index (χ4n) is 1.94. The van der Waals surface area contributed by atoms with Crippen LogP contribution >= 0.6 is 0 Å². The van der Waals surface area contributed by atoms with Crippen molar-refractivity contribution in [1.29, 1.82) is 0 Å². The summed E-state index contributed by atoms with van der Waals surface area (Å²) in [6.45, 7) is 1.43. The van der Waals surface area contributed by atoms with Crippen molar-refractivity contribution in [2.24, 2.45) is 0 Å². The predicted molar refractivity (Wildman–Crippen MR) is 88.3 cm³/mol. The summed E-state index contributed by atoms with van der Waals surface area (Å²) in [5.41, 5.74) is -0.272. The van der Waals surface area contributed by atoms with Crippen LogP contribution in [0.2, 0.25) is 0 Å². The third kappa shape index (κ3) is 5.10. The first kappa shape index (κ1) is 18.1. The number of hydrogen-bond acceptors (Lipinski definition) is 7. The number of carbonyl (C=O) groups is 1. The lowest BCUT2D eigenvalue weighted by Crippen LogP contribution is -2.15. The van der Waals surface area contributed by atoms with Crippen LogP contribution in [-0.4, -0.2) is 31.2 Å². The van der Waals surface area contributed by atoms with Gasteiger partial charge in [0.2, 0.25) is 5.75 Å². The topological polar surface area (TPSA) is 97.1 Å². The van der Waals surface area contributed by atoms with Gasteiger partial charge in [-0.1, -0.05) is 0 Å². The molecule has 0 aliphatic heterocycles. The van der Waals surface area contributed by atoms with Gasteiger partial charge >= 0.3 is 11.7 Å². The monoisotopic (exact) mass is 347 g/mol. The van der Waals surface area contributed by atoms with Gasteiger partial charge in [0.1, 0.15) is 17.2 Å². The highest BCUT2D eigenvalue weighted by molar-refractivity contribution is 5.71. The van der Waals surface area contributed by atoms with Gasteiger partial charge in [-0.25, -0.2) is 4.79 Å². The summed E-state index contributed by atoms with van der Waals surface area (Å²) in [4.78, 5) is 21.9. The molecule has 2 aromatic rings. The summed E-state index contributed by atoms with van der Waals surface area (Å²) in [5, 5.41) is 11.1. The maximum Gasteiger partial charge on any atom is 0.344 e. The molecule has 0 amide bonds. The van der Waals surface area contributed by atoms with E-state index < -0.39 is 17.5 Å². The highest BCUT2D eigenvalue weighted by atomic mass is 16.6. The molecule has 0 spiro atoms. The van der Waals surface area contributed by atoms with Crippen molar-refractivity contribution in [3.8, 4) is 23.0 Å². The lowest BCUT2D eigenvalue weighted by molar-refractivity contribution is -0.385. The molecule has 0 fully saturated rings. The predicted octanol–water partition coefficient (Wildman–Crippen LogP) is 3.34. The average molecular weight is 347 g/mol. The van der Waals surface area contributed by atoms with Crippen molar-refractivity contribution in [3.05, 3.63) is 52.6 Å². The highest BCUT2D eigenvalue weighted by Gasteiger charge is 2.18. The Kier molecular flexibility index (Phi) is 6.16.